The molecule has 2 amide bonds. The third-order valence-corrected chi connectivity index (χ3v) is 4.05. The topological polar surface area (TPSA) is 23.6 Å². The summed E-state index contributed by atoms with van der Waals surface area (Å²) in [5.41, 5.74) is 2.60. The highest BCUT2D eigenvalue weighted by atomic mass is 16.2. The molecule has 0 N–H and O–H groups in total. The number of nitrogens with zero attached hydrogens (tertiary/aromatic N) is 2. The Kier molecular flexibility index (Phi) is 3.60. The Hall–Kier alpha value is -1.51. The molecule has 0 bridgehead atoms. The van der Waals surface area contributed by atoms with Crippen molar-refractivity contribution in [3.8, 4) is 0 Å². The number of carbonyl (C=O) groups is 1. The largest absolute Gasteiger partial charge is 0.325 e. The van der Waals surface area contributed by atoms with E-state index in [4.69, 9.17) is 0 Å². The molecule has 0 radical (unpaired) electrons. The summed E-state index contributed by atoms with van der Waals surface area (Å²) in [5.74, 6) is 0.602. The van der Waals surface area contributed by atoms with Gasteiger partial charge in [0.25, 0.3) is 0 Å². The van der Waals surface area contributed by atoms with Gasteiger partial charge in [0.1, 0.15) is 0 Å². The second-order valence-corrected chi connectivity index (χ2v) is 5.27. The van der Waals surface area contributed by atoms with Gasteiger partial charge in [-0.3, -0.25) is 0 Å². The molecular formula is C15H22N2O. The molecule has 0 aromatic heterocycles. The van der Waals surface area contributed by atoms with Crippen LogP contribution >= 0.6 is 0 Å². The second kappa shape index (κ2) is 5.01. The van der Waals surface area contributed by atoms with E-state index in [-0.39, 0.29) is 12.1 Å². The third-order valence-electron chi connectivity index (χ3n) is 4.05. The Bertz CT molecular complexity index is 427. The molecule has 1 aliphatic heterocycles. The number of rotatable bonds is 3. The molecule has 3 nitrogen and oxygen atoms in total. The maximum absolute atomic E-state index is 11.8. The average Bonchev–Trinajstić information content (AvgIpc) is 2.66. The first-order valence-electron chi connectivity index (χ1n) is 6.62. The fraction of sp³-hybridized carbons (Fsp3) is 0.533. The van der Waals surface area contributed by atoms with Crippen molar-refractivity contribution in [1.82, 2.24) is 9.80 Å². The van der Waals surface area contributed by atoms with Crippen LogP contribution in [-0.4, -0.2) is 36.5 Å². The molecule has 2 atom stereocenters. The van der Waals surface area contributed by atoms with E-state index in [0.717, 1.165) is 13.0 Å². The molecule has 1 fully saturated rings. The van der Waals surface area contributed by atoms with Crippen LogP contribution < -0.4 is 0 Å². The predicted octanol–water partition coefficient (Wildman–Crippen LogP) is 3.24. The lowest BCUT2D eigenvalue weighted by Crippen LogP contribution is -2.26. The summed E-state index contributed by atoms with van der Waals surface area (Å²) in [6.07, 6.45) is 1.16. The molecule has 98 valence electrons. The fourth-order valence-electron chi connectivity index (χ4n) is 2.47. The number of amides is 2. The van der Waals surface area contributed by atoms with Gasteiger partial charge in [0, 0.05) is 20.6 Å². The van der Waals surface area contributed by atoms with Crippen molar-refractivity contribution in [2.24, 2.45) is 0 Å². The van der Waals surface area contributed by atoms with Crippen LogP contribution in [0.15, 0.2) is 24.3 Å². The van der Waals surface area contributed by atoms with Crippen molar-refractivity contribution >= 4 is 6.03 Å². The van der Waals surface area contributed by atoms with E-state index < -0.39 is 0 Å². The summed E-state index contributed by atoms with van der Waals surface area (Å²) in [6, 6.07) is 9.00. The lowest BCUT2D eigenvalue weighted by Gasteiger charge is -2.19. The summed E-state index contributed by atoms with van der Waals surface area (Å²) in [4.78, 5) is 15.4. The highest BCUT2D eigenvalue weighted by molar-refractivity contribution is 5.76. The smallest absolute Gasteiger partial charge is 0.320 e. The lowest BCUT2D eigenvalue weighted by molar-refractivity contribution is 0.201. The normalized spacial score (nSPS) is 21.6. The summed E-state index contributed by atoms with van der Waals surface area (Å²) in [5, 5.41) is 0. The van der Waals surface area contributed by atoms with Crippen LogP contribution in [0.3, 0.4) is 0 Å². The van der Waals surface area contributed by atoms with E-state index in [2.05, 4.69) is 38.1 Å². The van der Waals surface area contributed by atoms with Crippen molar-refractivity contribution in [3.05, 3.63) is 35.4 Å². The zero-order valence-electron chi connectivity index (χ0n) is 11.7. The van der Waals surface area contributed by atoms with Crippen LogP contribution in [0.5, 0.6) is 0 Å². The van der Waals surface area contributed by atoms with Gasteiger partial charge in [0.05, 0.1) is 6.04 Å². The van der Waals surface area contributed by atoms with Crippen LogP contribution in [0.4, 0.5) is 4.79 Å². The number of urea groups is 1. The first-order valence-corrected chi connectivity index (χ1v) is 6.62. The molecule has 0 aliphatic carbocycles. The molecule has 1 saturated heterocycles. The Labute approximate surface area is 109 Å². The van der Waals surface area contributed by atoms with Gasteiger partial charge in [-0.25, -0.2) is 4.79 Å². The summed E-state index contributed by atoms with van der Waals surface area (Å²) < 4.78 is 0. The molecule has 1 aliphatic rings. The van der Waals surface area contributed by atoms with Crippen LogP contribution in [0, 0.1) is 0 Å². The van der Waals surface area contributed by atoms with E-state index in [1.165, 1.54) is 11.1 Å². The van der Waals surface area contributed by atoms with Crippen molar-refractivity contribution in [1.29, 1.82) is 0 Å². The van der Waals surface area contributed by atoms with Crippen molar-refractivity contribution in [2.45, 2.75) is 32.2 Å². The molecule has 1 aromatic carbocycles. The van der Waals surface area contributed by atoms with Gasteiger partial charge < -0.3 is 9.80 Å². The molecule has 1 aromatic rings. The summed E-state index contributed by atoms with van der Waals surface area (Å²) in [6.45, 7) is 5.23. The number of likely N-dealkylation sites (N-methyl/N-ethyl adjacent to an activating group) is 2. The molecule has 18 heavy (non-hydrogen) atoms. The zero-order chi connectivity index (χ0) is 13.3. The highest BCUT2D eigenvalue weighted by Crippen LogP contribution is 2.28. The molecule has 2 rings (SSSR count). The quantitative estimate of drug-likeness (QED) is 0.803. The summed E-state index contributed by atoms with van der Waals surface area (Å²) >= 11 is 0. The predicted molar refractivity (Wildman–Crippen MR) is 73.7 cm³/mol. The van der Waals surface area contributed by atoms with Gasteiger partial charge in [-0.2, -0.15) is 0 Å². The van der Waals surface area contributed by atoms with Crippen LogP contribution in [0.1, 0.15) is 43.4 Å². The number of hydrogen-bond donors (Lipinski definition) is 0. The number of benzene rings is 1. The fourth-order valence-corrected chi connectivity index (χ4v) is 2.47. The van der Waals surface area contributed by atoms with Crippen LogP contribution in [-0.2, 0) is 0 Å². The first-order chi connectivity index (χ1) is 8.54. The molecule has 0 spiro atoms. The Morgan fingerprint density at radius 2 is 1.89 bits per heavy atom. The van der Waals surface area contributed by atoms with Gasteiger partial charge >= 0.3 is 6.03 Å². The molecule has 1 heterocycles. The number of hydrogen-bond acceptors (Lipinski definition) is 1. The third kappa shape index (κ3) is 2.22. The second-order valence-electron chi connectivity index (χ2n) is 5.27. The van der Waals surface area contributed by atoms with Gasteiger partial charge in [-0.05, 0) is 23.5 Å². The molecule has 3 heteroatoms. The van der Waals surface area contributed by atoms with Crippen molar-refractivity contribution in [2.75, 3.05) is 20.6 Å². The van der Waals surface area contributed by atoms with E-state index in [9.17, 15) is 4.79 Å². The molecule has 0 saturated carbocycles. The average molecular weight is 246 g/mol. The summed E-state index contributed by atoms with van der Waals surface area (Å²) in [7, 11) is 3.73. The Balaban J connectivity index is 2.18. The van der Waals surface area contributed by atoms with Gasteiger partial charge in [0.2, 0.25) is 0 Å². The monoisotopic (exact) mass is 246 g/mol. The van der Waals surface area contributed by atoms with Crippen molar-refractivity contribution < 1.29 is 4.79 Å². The molecular weight excluding hydrogens is 224 g/mol. The van der Waals surface area contributed by atoms with E-state index in [1.807, 2.05) is 19.0 Å². The maximum Gasteiger partial charge on any atom is 0.320 e. The SMILES string of the molecule is CCC(C)c1ccc(C2CN(C)C(=O)N2C)cc1. The Morgan fingerprint density at radius 3 is 2.33 bits per heavy atom. The maximum atomic E-state index is 11.8. The zero-order valence-corrected chi connectivity index (χ0v) is 11.7. The highest BCUT2D eigenvalue weighted by Gasteiger charge is 2.32. The molecule has 2 unspecified atom stereocenters. The van der Waals surface area contributed by atoms with Crippen LogP contribution in [0.2, 0.25) is 0 Å². The number of carbonyl (C=O) groups excluding carboxylic acids is 1. The van der Waals surface area contributed by atoms with Gasteiger partial charge in [-0.15, -0.1) is 0 Å². The van der Waals surface area contributed by atoms with E-state index in [0.29, 0.717) is 5.92 Å². The lowest BCUT2D eigenvalue weighted by atomic mass is 9.96. The minimum Gasteiger partial charge on any atom is -0.325 e. The van der Waals surface area contributed by atoms with Gasteiger partial charge in [0.15, 0.2) is 0 Å². The van der Waals surface area contributed by atoms with Crippen molar-refractivity contribution in [3.63, 3.8) is 0 Å². The first kappa shape index (κ1) is 12.9. The van der Waals surface area contributed by atoms with Gasteiger partial charge in [-0.1, -0.05) is 38.1 Å². The standard InChI is InChI=1S/C15H22N2O/c1-5-11(2)12-6-8-13(9-7-12)14-10-16(3)15(18)17(14)4/h6-9,11,14H,5,10H2,1-4H3. The minimum absolute atomic E-state index is 0.103. The van der Waals surface area contributed by atoms with Crippen LogP contribution in [0.25, 0.3) is 0 Å². The minimum atomic E-state index is 0.103. The van der Waals surface area contributed by atoms with E-state index >= 15 is 0 Å². The van der Waals surface area contributed by atoms with E-state index in [1.54, 1.807) is 4.90 Å². The Morgan fingerprint density at radius 1 is 1.28 bits per heavy atom.